The molecule has 1 fully saturated rings. The molecule has 1 aliphatic carbocycles. The zero-order valence-corrected chi connectivity index (χ0v) is 9.73. The lowest BCUT2D eigenvalue weighted by molar-refractivity contribution is -0.148. The van der Waals surface area contributed by atoms with Crippen LogP contribution in [-0.4, -0.2) is 23.6 Å². The summed E-state index contributed by atoms with van der Waals surface area (Å²) < 4.78 is 9.65. The molecule has 0 saturated heterocycles. The molecule has 1 aromatic heterocycles. The van der Waals surface area contributed by atoms with Crippen molar-refractivity contribution in [2.24, 2.45) is 11.8 Å². The predicted molar refractivity (Wildman–Crippen MR) is 58.1 cm³/mol. The number of hydrogen-bond donors (Lipinski definition) is 1. The molecule has 1 aliphatic rings. The Morgan fingerprint density at radius 2 is 2.35 bits per heavy atom. The molecule has 92 valence electrons. The molecule has 1 saturated carbocycles. The van der Waals surface area contributed by atoms with Gasteiger partial charge in [0, 0.05) is 6.07 Å². The van der Waals surface area contributed by atoms with E-state index in [0.29, 0.717) is 17.5 Å². The summed E-state index contributed by atoms with van der Waals surface area (Å²) in [6.45, 7) is 3.41. The summed E-state index contributed by atoms with van der Waals surface area (Å²) in [6, 6.07) is 1.59. The monoisotopic (exact) mass is 238 g/mol. The van der Waals surface area contributed by atoms with Crippen LogP contribution in [-0.2, 0) is 14.3 Å². The SMILES string of the molecule is Cc1cc(NC(=O)COC(=O)[C@@H]2C[C@H]2C)no1. The standard InChI is InChI=1S/C11H14N2O4/c1-6-3-8(6)11(15)16-5-10(14)12-9-4-7(2)17-13-9/h4,6,8H,3,5H2,1-2H3,(H,12,13,14)/t6-,8-/m1/s1. The van der Waals surface area contributed by atoms with Gasteiger partial charge in [-0.2, -0.15) is 0 Å². The van der Waals surface area contributed by atoms with Crippen LogP contribution >= 0.6 is 0 Å². The first kappa shape index (κ1) is 11.6. The molecular weight excluding hydrogens is 224 g/mol. The Morgan fingerprint density at radius 1 is 1.65 bits per heavy atom. The molecule has 1 N–H and O–H groups in total. The Kier molecular flexibility index (Phi) is 3.12. The van der Waals surface area contributed by atoms with Crippen LogP contribution in [0.25, 0.3) is 0 Å². The molecule has 2 atom stereocenters. The second kappa shape index (κ2) is 4.57. The highest BCUT2D eigenvalue weighted by atomic mass is 16.5. The van der Waals surface area contributed by atoms with Crippen molar-refractivity contribution >= 4 is 17.7 Å². The molecule has 0 unspecified atom stereocenters. The van der Waals surface area contributed by atoms with Crippen molar-refractivity contribution in [2.45, 2.75) is 20.3 Å². The van der Waals surface area contributed by atoms with Crippen molar-refractivity contribution in [3.05, 3.63) is 11.8 Å². The van der Waals surface area contributed by atoms with Gasteiger partial charge in [-0.15, -0.1) is 0 Å². The smallest absolute Gasteiger partial charge is 0.309 e. The van der Waals surface area contributed by atoms with Crippen LogP contribution in [0.3, 0.4) is 0 Å². The van der Waals surface area contributed by atoms with Gasteiger partial charge in [-0.1, -0.05) is 12.1 Å². The first-order valence-corrected chi connectivity index (χ1v) is 5.46. The lowest BCUT2D eigenvalue weighted by atomic mass is 10.3. The summed E-state index contributed by atoms with van der Waals surface area (Å²) in [6.07, 6.45) is 0.850. The van der Waals surface area contributed by atoms with E-state index in [0.717, 1.165) is 6.42 Å². The Balaban J connectivity index is 1.72. The van der Waals surface area contributed by atoms with Gasteiger partial charge in [0.15, 0.2) is 12.4 Å². The van der Waals surface area contributed by atoms with Gasteiger partial charge in [0.1, 0.15) is 5.76 Å². The number of carbonyl (C=O) groups excluding carboxylic acids is 2. The van der Waals surface area contributed by atoms with Crippen LogP contribution in [0.5, 0.6) is 0 Å². The number of ether oxygens (including phenoxy) is 1. The highest BCUT2D eigenvalue weighted by Gasteiger charge is 2.40. The van der Waals surface area contributed by atoms with Gasteiger partial charge in [0.2, 0.25) is 0 Å². The number of anilines is 1. The quantitative estimate of drug-likeness (QED) is 0.795. The lowest BCUT2D eigenvalue weighted by Gasteiger charge is -2.03. The first-order valence-electron chi connectivity index (χ1n) is 5.46. The summed E-state index contributed by atoms with van der Waals surface area (Å²) in [4.78, 5) is 22.7. The summed E-state index contributed by atoms with van der Waals surface area (Å²) in [5.41, 5.74) is 0. The zero-order valence-electron chi connectivity index (χ0n) is 9.73. The summed E-state index contributed by atoms with van der Waals surface area (Å²) in [5.74, 6) is 0.553. The van der Waals surface area contributed by atoms with E-state index >= 15 is 0 Å². The lowest BCUT2D eigenvalue weighted by Crippen LogP contribution is -2.21. The zero-order chi connectivity index (χ0) is 12.4. The number of aryl methyl sites for hydroxylation is 1. The Labute approximate surface area is 98.3 Å². The first-order chi connectivity index (χ1) is 8.06. The Hall–Kier alpha value is -1.85. The highest BCUT2D eigenvalue weighted by molar-refractivity contribution is 5.92. The van der Waals surface area contributed by atoms with Gasteiger partial charge in [0.05, 0.1) is 5.92 Å². The van der Waals surface area contributed by atoms with Gasteiger partial charge >= 0.3 is 5.97 Å². The molecule has 0 aliphatic heterocycles. The maximum Gasteiger partial charge on any atom is 0.309 e. The number of amides is 1. The Morgan fingerprint density at radius 3 is 2.88 bits per heavy atom. The molecule has 6 heteroatoms. The second-order valence-corrected chi connectivity index (χ2v) is 4.30. The molecule has 0 bridgehead atoms. The number of hydrogen-bond acceptors (Lipinski definition) is 5. The van der Waals surface area contributed by atoms with E-state index in [1.54, 1.807) is 13.0 Å². The molecule has 2 rings (SSSR count). The third-order valence-electron chi connectivity index (χ3n) is 2.65. The van der Waals surface area contributed by atoms with Crippen LogP contribution < -0.4 is 5.32 Å². The number of aromatic nitrogens is 1. The van der Waals surface area contributed by atoms with E-state index in [1.165, 1.54) is 0 Å². The average Bonchev–Trinajstić information content (AvgIpc) is 2.87. The second-order valence-electron chi connectivity index (χ2n) is 4.30. The van der Waals surface area contributed by atoms with Crippen molar-refractivity contribution in [3.8, 4) is 0 Å². The fraction of sp³-hybridized carbons (Fsp3) is 0.545. The maximum atomic E-state index is 11.4. The van der Waals surface area contributed by atoms with Crippen LogP contribution in [0, 0.1) is 18.8 Å². The molecule has 0 spiro atoms. The number of carbonyl (C=O) groups is 2. The Bertz CT molecular complexity index is 440. The summed E-state index contributed by atoms with van der Waals surface area (Å²) >= 11 is 0. The van der Waals surface area contributed by atoms with E-state index in [2.05, 4.69) is 10.5 Å². The fourth-order valence-electron chi connectivity index (χ4n) is 1.50. The molecule has 6 nitrogen and oxygen atoms in total. The average molecular weight is 238 g/mol. The molecule has 0 radical (unpaired) electrons. The number of nitrogens with zero attached hydrogens (tertiary/aromatic N) is 1. The van der Waals surface area contributed by atoms with Crippen molar-refractivity contribution < 1.29 is 18.8 Å². The largest absolute Gasteiger partial charge is 0.455 e. The van der Waals surface area contributed by atoms with Crippen molar-refractivity contribution in [1.29, 1.82) is 0 Å². The van der Waals surface area contributed by atoms with Crippen LogP contribution in [0.1, 0.15) is 19.1 Å². The molecule has 1 heterocycles. The third kappa shape index (κ3) is 3.05. The van der Waals surface area contributed by atoms with E-state index in [4.69, 9.17) is 9.26 Å². The third-order valence-corrected chi connectivity index (χ3v) is 2.65. The minimum atomic E-state index is -0.417. The maximum absolute atomic E-state index is 11.4. The van der Waals surface area contributed by atoms with Crippen molar-refractivity contribution in [2.75, 3.05) is 11.9 Å². The topological polar surface area (TPSA) is 81.4 Å². The van der Waals surface area contributed by atoms with Gasteiger partial charge in [0.25, 0.3) is 5.91 Å². The fourth-order valence-corrected chi connectivity index (χ4v) is 1.50. The minimum absolute atomic E-state index is 0.0305. The predicted octanol–water partition coefficient (Wildman–Crippen LogP) is 1.12. The van der Waals surface area contributed by atoms with Gasteiger partial charge in [-0.3, -0.25) is 9.59 Å². The van der Waals surface area contributed by atoms with E-state index in [-0.39, 0.29) is 18.5 Å². The molecule has 0 aromatic carbocycles. The van der Waals surface area contributed by atoms with E-state index < -0.39 is 5.91 Å². The molecule has 1 amide bonds. The van der Waals surface area contributed by atoms with Crippen LogP contribution in [0.4, 0.5) is 5.82 Å². The van der Waals surface area contributed by atoms with Crippen molar-refractivity contribution in [3.63, 3.8) is 0 Å². The number of nitrogens with one attached hydrogen (secondary N) is 1. The van der Waals surface area contributed by atoms with Gasteiger partial charge < -0.3 is 14.6 Å². The summed E-state index contributed by atoms with van der Waals surface area (Å²) in [5, 5.41) is 6.06. The molecular formula is C11H14N2O4. The number of esters is 1. The molecule has 1 aromatic rings. The number of rotatable bonds is 4. The van der Waals surface area contributed by atoms with E-state index in [9.17, 15) is 9.59 Å². The van der Waals surface area contributed by atoms with Gasteiger partial charge in [-0.05, 0) is 19.3 Å². The normalized spacial score (nSPS) is 22.0. The minimum Gasteiger partial charge on any atom is -0.455 e. The van der Waals surface area contributed by atoms with Crippen LogP contribution in [0.2, 0.25) is 0 Å². The van der Waals surface area contributed by atoms with Crippen LogP contribution in [0.15, 0.2) is 10.6 Å². The summed E-state index contributed by atoms with van der Waals surface area (Å²) in [7, 11) is 0. The highest BCUT2D eigenvalue weighted by Crippen LogP contribution is 2.38. The van der Waals surface area contributed by atoms with E-state index in [1.807, 2.05) is 6.92 Å². The van der Waals surface area contributed by atoms with Gasteiger partial charge in [-0.25, -0.2) is 0 Å². The molecule has 17 heavy (non-hydrogen) atoms. The van der Waals surface area contributed by atoms with Crippen molar-refractivity contribution in [1.82, 2.24) is 5.16 Å².